The highest BCUT2D eigenvalue weighted by molar-refractivity contribution is 6.13. The Bertz CT molecular complexity index is 1170. The van der Waals surface area contributed by atoms with Gasteiger partial charge in [0.1, 0.15) is 5.92 Å². The van der Waals surface area contributed by atoms with Crippen molar-refractivity contribution >= 4 is 34.7 Å². The minimum absolute atomic E-state index is 0.0358. The fraction of sp³-hybridized carbons (Fsp3) is 0.455. The fourth-order valence-corrected chi connectivity index (χ4v) is 5.47. The average molecular weight is 426 g/mol. The van der Waals surface area contributed by atoms with Crippen LogP contribution in [0.3, 0.4) is 0 Å². The smallest absolute Gasteiger partial charge is 0.348 e. The molecule has 5 rings (SSSR count). The number of benzene rings is 1. The average Bonchev–Trinajstić information content (AvgIpc) is 3.26. The van der Waals surface area contributed by atoms with Gasteiger partial charge in [0.05, 0.1) is 24.9 Å². The Balaban J connectivity index is 1.91. The molecule has 3 aliphatic heterocycles. The van der Waals surface area contributed by atoms with Gasteiger partial charge in [0, 0.05) is 25.3 Å². The monoisotopic (exact) mass is 426 g/mol. The zero-order chi connectivity index (χ0) is 22.1. The number of nitrogens with zero attached hydrogens (tertiary/aromatic N) is 2. The van der Waals surface area contributed by atoms with Crippen molar-refractivity contribution < 1.29 is 33.4 Å². The maximum atomic E-state index is 13.8. The van der Waals surface area contributed by atoms with E-state index in [2.05, 4.69) is 0 Å². The van der Waals surface area contributed by atoms with Gasteiger partial charge < -0.3 is 19.1 Å². The maximum absolute atomic E-state index is 13.8. The number of methoxy groups -OCH3 is 1. The molecule has 3 atom stereocenters. The number of fused-ring (bicyclic) bond motifs is 4. The van der Waals surface area contributed by atoms with Crippen LogP contribution in [0.15, 0.2) is 24.3 Å². The lowest BCUT2D eigenvalue weighted by Crippen LogP contribution is -2.64. The summed E-state index contributed by atoms with van der Waals surface area (Å²) in [5.41, 5.74) is -1.82. The van der Waals surface area contributed by atoms with Gasteiger partial charge in [-0.15, -0.1) is 0 Å². The molecule has 31 heavy (non-hydrogen) atoms. The molecule has 4 heterocycles. The maximum Gasteiger partial charge on any atom is 0.348 e. The zero-order valence-electron chi connectivity index (χ0n) is 17.5. The Kier molecular flexibility index (Phi) is 4.08. The van der Waals surface area contributed by atoms with Crippen molar-refractivity contribution in [2.75, 3.05) is 20.3 Å². The van der Waals surface area contributed by atoms with Crippen LogP contribution >= 0.6 is 0 Å². The molecule has 9 heteroatoms. The molecule has 1 aromatic carbocycles. The summed E-state index contributed by atoms with van der Waals surface area (Å²) in [6.45, 7) is 3.32. The van der Waals surface area contributed by atoms with Crippen molar-refractivity contribution in [2.24, 2.45) is 5.92 Å². The fourth-order valence-electron chi connectivity index (χ4n) is 5.47. The third kappa shape index (κ3) is 2.19. The van der Waals surface area contributed by atoms with Crippen LogP contribution in [0, 0.1) is 5.92 Å². The van der Waals surface area contributed by atoms with E-state index in [1.165, 1.54) is 23.5 Å². The molecule has 1 spiro atoms. The molecule has 0 unspecified atom stereocenters. The molecule has 1 fully saturated rings. The van der Waals surface area contributed by atoms with Crippen LogP contribution in [0.2, 0.25) is 0 Å². The lowest BCUT2D eigenvalue weighted by atomic mass is 9.83. The normalized spacial score (nSPS) is 28.4. The van der Waals surface area contributed by atoms with Crippen molar-refractivity contribution in [3.8, 4) is 0 Å². The molecule has 162 valence electrons. The minimum Gasteiger partial charge on any atom is -0.469 e. The first-order valence-electron chi connectivity index (χ1n) is 10.2. The van der Waals surface area contributed by atoms with E-state index in [0.717, 1.165) is 10.9 Å². The number of carbonyl (C=O) groups excluding carboxylic acids is 4. The number of hydrogen-bond acceptors (Lipinski definition) is 7. The second-order valence-corrected chi connectivity index (χ2v) is 8.03. The lowest BCUT2D eigenvalue weighted by Gasteiger charge is -2.49. The molecule has 1 aromatic heterocycles. The quantitative estimate of drug-likeness (QED) is 0.539. The largest absolute Gasteiger partial charge is 0.469 e. The van der Waals surface area contributed by atoms with Crippen LogP contribution in [0.4, 0.5) is 0 Å². The number of amides is 1. The standard InChI is InChI=1S/C22H22N2O7/c1-4-30-20(28)21-11-15(18(26)29-3)22(31-21)17-14(9-10-23(22)12(2)25)13-7-5-6-8-16(13)24(17)19(21)27/h5-8,15H,4,9-11H2,1-3H3/t15-,21-,22+/m1/s1. The number of esters is 2. The van der Waals surface area contributed by atoms with Crippen molar-refractivity contribution in [3.63, 3.8) is 0 Å². The molecule has 1 amide bonds. The number of aromatic nitrogens is 1. The molecule has 3 aliphatic rings. The van der Waals surface area contributed by atoms with Gasteiger partial charge in [0.15, 0.2) is 0 Å². The SMILES string of the molecule is CCOC(=O)[C@]12C[C@H](C(=O)OC)[C@]3(O1)c1c(c4ccccc4n1C2=O)CCN3C(C)=O. The highest BCUT2D eigenvalue weighted by atomic mass is 16.6. The molecule has 2 bridgehead atoms. The highest BCUT2D eigenvalue weighted by Crippen LogP contribution is 2.59. The number of carbonyl (C=O) groups is 4. The van der Waals surface area contributed by atoms with Gasteiger partial charge in [-0.25, -0.2) is 4.79 Å². The second-order valence-electron chi connectivity index (χ2n) is 8.03. The van der Waals surface area contributed by atoms with E-state index in [0.29, 0.717) is 17.6 Å². The van der Waals surface area contributed by atoms with E-state index >= 15 is 0 Å². The summed E-state index contributed by atoms with van der Waals surface area (Å²) < 4.78 is 18.0. The molecule has 0 aliphatic carbocycles. The van der Waals surface area contributed by atoms with E-state index < -0.39 is 35.1 Å². The third-order valence-corrected chi connectivity index (χ3v) is 6.62. The Morgan fingerprint density at radius 3 is 2.68 bits per heavy atom. The molecular weight excluding hydrogens is 404 g/mol. The van der Waals surface area contributed by atoms with Gasteiger partial charge in [0.25, 0.3) is 5.91 Å². The highest BCUT2D eigenvalue weighted by Gasteiger charge is 2.75. The Hall–Kier alpha value is -3.20. The predicted octanol–water partition coefficient (Wildman–Crippen LogP) is 1.36. The molecule has 0 N–H and O–H groups in total. The summed E-state index contributed by atoms with van der Waals surface area (Å²) in [4.78, 5) is 54.1. The van der Waals surface area contributed by atoms with Crippen LogP contribution in [0.25, 0.3) is 10.9 Å². The first kappa shape index (κ1) is 19.7. The van der Waals surface area contributed by atoms with E-state index in [4.69, 9.17) is 14.2 Å². The van der Waals surface area contributed by atoms with E-state index in [1.807, 2.05) is 12.1 Å². The van der Waals surface area contributed by atoms with Crippen LogP contribution in [0.1, 0.15) is 36.3 Å². The molecule has 2 aromatic rings. The molecule has 9 nitrogen and oxygen atoms in total. The summed E-state index contributed by atoms with van der Waals surface area (Å²) in [6, 6.07) is 7.33. The topological polar surface area (TPSA) is 104 Å². The van der Waals surface area contributed by atoms with E-state index in [-0.39, 0.29) is 25.5 Å². The summed E-state index contributed by atoms with van der Waals surface area (Å²) in [7, 11) is 1.23. The summed E-state index contributed by atoms with van der Waals surface area (Å²) in [5, 5.41) is 0.826. The van der Waals surface area contributed by atoms with E-state index in [9.17, 15) is 19.2 Å². The predicted molar refractivity (Wildman–Crippen MR) is 106 cm³/mol. The summed E-state index contributed by atoms with van der Waals surface area (Å²) in [6.07, 6.45) is 0.220. The molecule has 0 radical (unpaired) electrons. The molecule has 1 saturated heterocycles. The van der Waals surface area contributed by atoms with Crippen molar-refractivity contribution in [1.82, 2.24) is 9.47 Å². The number of hydrogen-bond donors (Lipinski definition) is 0. The lowest BCUT2D eigenvalue weighted by molar-refractivity contribution is -0.222. The Morgan fingerprint density at radius 1 is 1.26 bits per heavy atom. The molecule has 0 saturated carbocycles. The summed E-state index contributed by atoms with van der Waals surface area (Å²) >= 11 is 0. The van der Waals surface area contributed by atoms with Crippen LogP contribution in [0.5, 0.6) is 0 Å². The van der Waals surface area contributed by atoms with Crippen LogP contribution in [-0.2, 0) is 40.7 Å². The number of rotatable bonds is 3. The van der Waals surface area contributed by atoms with Crippen molar-refractivity contribution in [2.45, 2.75) is 38.0 Å². The number of ether oxygens (including phenoxy) is 3. The van der Waals surface area contributed by atoms with Gasteiger partial charge in [-0.1, -0.05) is 18.2 Å². The van der Waals surface area contributed by atoms with Crippen LogP contribution < -0.4 is 0 Å². The van der Waals surface area contributed by atoms with Gasteiger partial charge in [-0.2, -0.15) is 0 Å². The zero-order valence-corrected chi connectivity index (χ0v) is 17.5. The second kappa shape index (κ2) is 6.40. The van der Waals surface area contributed by atoms with Gasteiger partial charge in [-0.3, -0.25) is 19.0 Å². The first-order chi connectivity index (χ1) is 14.8. The Morgan fingerprint density at radius 2 is 2.00 bits per heavy atom. The van der Waals surface area contributed by atoms with Gasteiger partial charge >= 0.3 is 11.9 Å². The van der Waals surface area contributed by atoms with Crippen LogP contribution in [-0.4, -0.2) is 59.1 Å². The Labute approximate surface area is 177 Å². The first-order valence-corrected chi connectivity index (χ1v) is 10.2. The minimum atomic E-state index is -2.05. The molecular formula is C22H22N2O7. The number of para-hydroxylation sites is 1. The summed E-state index contributed by atoms with van der Waals surface area (Å²) in [5.74, 6) is -3.54. The van der Waals surface area contributed by atoms with Gasteiger partial charge in [0.2, 0.25) is 17.2 Å². The third-order valence-electron chi connectivity index (χ3n) is 6.62. The van der Waals surface area contributed by atoms with Crippen molar-refractivity contribution in [3.05, 3.63) is 35.5 Å². The van der Waals surface area contributed by atoms with Gasteiger partial charge in [-0.05, 0) is 25.0 Å². The van der Waals surface area contributed by atoms with Crippen molar-refractivity contribution in [1.29, 1.82) is 0 Å². The van der Waals surface area contributed by atoms with E-state index in [1.54, 1.807) is 19.1 Å².